The van der Waals surface area contributed by atoms with E-state index >= 15 is 0 Å². The van der Waals surface area contributed by atoms with Crippen molar-refractivity contribution in [1.82, 2.24) is 9.29 Å². The zero-order valence-electron chi connectivity index (χ0n) is 19.4. The van der Waals surface area contributed by atoms with Gasteiger partial charge in [0.25, 0.3) is 5.91 Å². The lowest BCUT2D eigenvalue weighted by atomic mass is 10.2. The second-order valence-electron chi connectivity index (χ2n) is 7.74. The summed E-state index contributed by atoms with van der Waals surface area (Å²) in [4.78, 5) is 20.0. The lowest BCUT2D eigenvalue weighted by Gasteiger charge is -2.20. The van der Waals surface area contributed by atoms with Gasteiger partial charge in [-0.25, -0.2) is 13.4 Å². The fourth-order valence-electron chi connectivity index (χ4n) is 3.71. The predicted octanol–water partition coefficient (Wildman–Crippen LogP) is 5.33. The highest BCUT2D eigenvalue weighted by Gasteiger charge is 2.25. The molecule has 2 aromatic heterocycles. The van der Waals surface area contributed by atoms with Gasteiger partial charge in [-0.1, -0.05) is 38.2 Å². The summed E-state index contributed by atoms with van der Waals surface area (Å²) in [5.74, 6) is 0.348. The molecule has 178 valence electrons. The molecule has 34 heavy (non-hydrogen) atoms. The molecular formula is C25H27N3O4S2. The van der Waals surface area contributed by atoms with Crippen molar-refractivity contribution in [3.8, 4) is 0 Å². The van der Waals surface area contributed by atoms with Crippen molar-refractivity contribution in [3.05, 3.63) is 77.7 Å². The number of sulfonamides is 1. The standard InChI is InChI=1S/C25H27N3O4S2/c1-4-18-9-14-22-23(16-18)33-25(26-22)28(17-20-8-7-15-32-20)24(29)19-10-12-21(13-11-19)34(30,31)27(5-2)6-3/h7-16H,4-6,17H2,1-3H3. The number of carbonyl (C=O) groups excluding carboxylic acids is 1. The Hall–Kier alpha value is -3.01. The number of carbonyl (C=O) groups is 1. The number of nitrogens with zero attached hydrogens (tertiary/aromatic N) is 3. The quantitative estimate of drug-likeness (QED) is 0.312. The number of fused-ring (bicyclic) bond motifs is 1. The van der Waals surface area contributed by atoms with E-state index in [0.717, 1.165) is 16.6 Å². The van der Waals surface area contributed by atoms with E-state index < -0.39 is 10.0 Å². The zero-order chi connectivity index (χ0) is 24.3. The second-order valence-corrected chi connectivity index (χ2v) is 10.7. The summed E-state index contributed by atoms with van der Waals surface area (Å²) in [6, 6.07) is 15.8. The Kier molecular flexibility index (Phi) is 7.16. The van der Waals surface area contributed by atoms with E-state index in [-0.39, 0.29) is 17.3 Å². The summed E-state index contributed by atoms with van der Waals surface area (Å²) in [5, 5.41) is 0.560. The molecule has 2 aromatic carbocycles. The fourth-order valence-corrected chi connectivity index (χ4v) is 6.20. The average molecular weight is 498 g/mol. The van der Waals surface area contributed by atoms with Gasteiger partial charge in [0.15, 0.2) is 5.13 Å². The molecule has 0 bridgehead atoms. The van der Waals surface area contributed by atoms with E-state index in [0.29, 0.717) is 29.5 Å². The first-order valence-electron chi connectivity index (χ1n) is 11.2. The number of thiazole rings is 1. The minimum Gasteiger partial charge on any atom is -0.467 e. The molecule has 0 saturated carbocycles. The van der Waals surface area contributed by atoms with E-state index in [1.54, 1.807) is 43.2 Å². The number of aryl methyl sites for hydroxylation is 1. The number of aromatic nitrogens is 1. The van der Waals surface area contributed by atoms with Crippen LogP contribution in [0.1, 0.15) is 42.5 Å². The summed E-state index contributed by atoms with van der Waals surface area (Å²) in [7, 11) is -3.60. The Labute approximate surface area is 203 Å². The minimum atomic E-state index is -3.60. The van der Waals surface area contributed by atoms with Gasteiger partial charge in [-0.3, -0.25) is 9.69 Å². The molecule has 4 rings (SSSR count). The molecular weight excluding hydrogens is 470 g/mol. The van der Waals surface area contributed by atoms with Crippen LogP contribution in [0.5, 0.6) is 0 Å². The summed E-state index contributed by atoms with van der Waals surface area (Å²) < 4.78 is 33.5. The number of hydrogen-bond donors (Lipinski definition) is 0. The van der Waals surface area contributed by atoms with E-state index in [4.69, 9.17) is 9.40 Å². The second kappa shape index (κ2) is 10.1. The Morgan fingerprint density at radius 1 is 1.03 bits per heavy atom. The lowest BCUT2D eigenvalue weighted by Crippen LogP contribution is -2.31. The normalized spacial score (nSPS) is 11.9. The van der Waals surface area contributed by atoms with Crippen molar-refractivity contribution in [3.63, 3.8) is 0 Å². The SMILES string of the molecule is CCc1ccc2nc(N(Cc3ccco3)C(=O)c3ccc(S(=O)(=O)N(CC)CC)cc3)sc2c1. The van der Waals surface area contributed by atoms with Crippen LogP contribution in [0.4, 0.5) is 5.13 Å². The molecule has 2 heterocycles. The first-order valence-corrected chi connectivity index (χ1v) is 13.5. The maximum absolute atomic E-state index is 13.6. The van der Waals surface area contributed by atoms with Gasteiger partial charge < -0.3 is 4.42 Å². The third kappa shape index (κ3) is 4.77. The third-order valence-electron chi connectivity index (χ3n) is 5.66. The molecule has 7 nitrogen and oxygen atoms in total. The third-order valence-corrected chi connectivity index (χ3v) is 8.77. The van der Waals surface area contributed by atoms with E-state index in [2.05, 4.69) is 13.0 Å². The maximum Gasteiger partial charge on any atom is 0.260 e. The largest absolute Gasteiger partial charge is 0.467 e. The zero-order valence-corrected chi connectivity index (χ0v) is 21.0. The van der Waals surface area contributed by atoms with Gasteiger partial charge in [-0.15, -0.1) is 0 Å². The van der Waals surface area contributed by atoms with Crippen LogP contribution in [0, 0.1) is 0 Å². The lowest BCUT2D eigenvalue weighted by molar-refractivity contribution is 0.0983. The van der Waals surface area contributed by atoms with Gasteiger partial charge in [0, 0.05) is 18.7 Å². The first-order chi connectivity index (χ1) is 16.4. The Balaban J connectivity index is 1.69. The number of rotatable bonds is 9. The van der Waals surface area contributed by atoms with Gasteiger partial charge in [-0.2, -0.15) is 4.31 Å². The summed E-state index contributed by atoms with van der Waals surface area (Å²) in [5.41, 5.74) is 2.41. The molecule has 0 saturated heterocycles. The summed E-state index contributed by atoms with van der Waals surface area (Å²) in [6.45, 7) is 6.67. The molecule has 0 N–H and O–H groups in total. The number of furan rings is 1. The van der Waals surface area contributed by atoms with Crippen LogP contribution in [0.2, 0.25) is 0 Å². The van der Waals surface area contributed by atoms with Crippen molar-refractivity contribution < 1.29 is 17.6 Å². The van der Waals surface area contributed by atoms with Crippen molar-refractivity contribution >= 4 is 42.6 Å². The van der Waals surface area contributed by atoms with Crippen molar-refractivity contribution in [2.24, 2.45) is 0 Å². The van der Waals surface area contributed by atoms with Crippen molar-refractivity contribution in [2.75, 3.05) is 18.0 Å². The topological polar surface area (TPSA) is 83.7 Å². The highest BCUT2D eigenvalue weighted by Crippen LogP contribution is 2.32. The molecule has 0 aliphatic carbocycles. The molecule has 9 heteroatoms. The van der Waals surface area contributed by atoms with Gasteiger partial charge in [0.2, 0.25) is 10.0 Å². The molecule has 0 aliphatic rings. The maximum atomic E-state index is 13.6. The van der Waals surface area contributed by atoms with Crippen LogP contribution < -0.4 is 4.90 Å². The van der Waals surface area contributed by atoms with Gasteiger partial charge >= 0.3 is 0 Å². The van der Waals surface area contributed by atoms with E-state index in [1.165, 1.54) is 33.3 Å². The van der Waals surface area contributed by atoms with Crippen LogP contribution in [0.3, 0.4) is 0 Å². The molecule has 0 atom stereocenters. The van der Waals surface area contributed by atoms with Crippen molar-refractivity contribution in [1.29, 1.82) is 0 Å². The molecule has 0 unspecified atom stereocenters. The smallest absolute Gasteiger partial charge is 0.260 e. The Morgan fingerprint density at radius 2 is 1.76 bits per heavy atom. The molecule has 0 aliphatic heterocycles. The summed E-state index contributed by atoms with van der Waals surface area (Å²) >= 11 is 1.45. The molecule has 4 aromatic rings. The Morgan fingerprint density at radius 3 is 2.38 bits per heavy atom. The van der Waals surface area contributed by atoms with E-state index in [9.17, 15) is 13.2 Å². The van der Waals surface area contributed by atoms with Gasteiger partial charge in [0.1, 0.15) is 5.76 Å². The molecule has 0 radical (unpaired) electrons. The molecule has 0 fully saturated rings. The van der Waals surface area contributed by atoms with E-state index in [1.807, 2.05) is 18.2 Å². The molecule has 0 spiro atoms. The van der Waals surface area contributed by atoms with Crippen molar-refractivity contribution in [2.45, 2.75) is 38.6 Å². The highest BCUT2D eigenvalue weighted by molar-refractivity contribution is 7.89. The number of benzene rings is 2. The monoisotopic (exact) mass is 497 g/mol. The Bertz CT molecular complexity index is 1370. The van der Waals surface area contributed by atoms with Crippen LogP contribution in [0.25, 0.3) is 10.2 Å². The van der Waals surface area contributed by atoms with Crippen LogP contribution in [0.15, 0.2) is 70.2 Å². The summed E-state index contributed by atoms with van der Waals surface area (Å²) in [6.07, 6.45) is 2.48. The average Bonchev–Trinajstić information content (AvgIpc) is 3.52. The molecule has 1 amide bonds. The van der Waals surface area contributed by atoms with Crippen LogP contribution in [-0.4, -0.2) is 36.7 Å². The highest BCUT2D eigenvalue weighted by atomic mass is 32.2. The fraction of sp³-hybridized carbons (Fsp3) is 0.280. The van der Waals surface area contributed by atoms with Crippen LogP contribution >= 0.6 is 11.3 Å². The number of hydrogen-bond acceptors (Lipinski definition) is 6. The van der Waals surface area contributed by atoms with Gasteiger partial charge in [-0.05, 0) is 60.5 Å². The predicted molar refractivity (Wildman–Crippen MR) is 135 cm³/mol. The van der Waals surface area contributed by atoms with Gasteiger partial charge in [0.05, 0.1) is 27.9 Å². The van der Waals surface area contributed by atoms with Crippen LogP contribution in [-0.2, 0) is 23.0 Å². The minimum absolute atomic E-state index is 0.164. The first kappa shape index (κ1) is 24.1. The number of amides is 1. The number of anilines is 1.